The molecule has 2 amide bonds. The van der Waals surface area contributed by atoms with E-state index in [1.807, 2.05) is 45.0 Å². The first kappa shape index (κ1) is 31.8. The van der Waals surface area contributed by atoms with E-state index in [-0.39, 0.29) is 23.4 Å². The third kappa shape index (κ3) is 8.01. The molecule has 1 saturated carbocycles. The lowest BCUT2D eigenvalue weighted by atomic mass is 9.95. The maximum Gasteiger partial charge on any atom is 0.264 e. The van der Waals surface area contributed by atoms with Crippen LogP contribution >= 0.6 is 15.9 Å². The van der Waals surface area contributed by atoms with Crippen LogP contribution in [0.2, 0.25) is 0 Å². The van der Waals surface area contributed by atoms with Crippen LogP contribution in [-0.2, 0) is 26.2 Å². The largest absolute Gasteiger partial charge is 0.352 e. The van der Waals surface area contributed by atoms with Crippen LogP contribution in [0.4, 0.5) is 5.69 Å². The van der Waals surface area contributed by atoms with E-state index < -0.39 is 28.5 Å². The van der Waals surface area contributed by atoms with Gasteiger partial charge in [0.1, 0.15) is 12.6 Å². The Balaban J connectivity index is 1.70. The number of hydrogen-bond acceptors (Lipinski definition) is 4. The van der Waals surface area contributed by atoms with Gasteiger partial charge < -0.3 is 10.2 Å². The molecule has 0 unspecified atom stereocenters. The zero-order valence-electron chi connectivity index (χ0n) is 24.6. The summed E-state index contributed by atoms with van der Waals surface area (Å²) in [6.07, 6.45) is 5.58. The van der Waals surface area contributed by atoms with E-state index in [2.05, 4.69) is 21.2 Å². The van der Waals surface area contributed by atoms with Crippen molar-refractivity contribution in [2.75, 3.05) is 10.8 Å². The number of benzene rings is 3. The number of nitrogens with zero attached hydrogens (tertiary/aromatic N) is 2. The highest BCUT2D eigenvalue weighted by Crippen LogP contribution is 2.27. The van der Waals surface area contributed by atoms with E-state index >= 15 is 0 Å². The minimum absolute atomic E-state index is 0.0936. The molecule has 1 atom stereocenters. The van der Waals surface area contributed by atoms with Crippen LogP contribution in [-0.4, -0.2) is 43.8 Å². The van der Waals surface area contributed by atoms with Gasteiger partial charge in [-0.25, -0.2) is 8.42 Å². The van der Waals surface area contributed by atoms with Gasteiger partial charge in [-0.2, -0.15) is 0 Å². The fraction of sp³-hybridized carbons (Fsp3) is 0.394. The second-order valence-electron chi connectivity index (χ2n) is 11.1. The molecule has 1 N–H and O–H groups in total. The van der Waals surface area contributed by atoms with Crippen LogP contribution in [0.25, 0.3) is 0 Å². The summed E-state index contributed by atoms with van der Waals surface area (Å²) in [4.78, 5) is 29.5. The molecule has 9 heteroatoms. The van der Waals surface area contributed by atoms with Gasteiger partial charge >= 0.3 is 0 Å². The van der Waals surface area contributed by atoms with Gasteiger partial charge in [0.15, 0.2) is 0 Å². The number of nitrogens with one attached hydrogen (secondary N) is 1. The minimum Gasteiger partial charge on any atom is -0.352 e. The standard InChI is InChI=1S/C33H40BrN3O4S/c1-4-31(33(39)35-28-11-6-5-7-12-28)36(22-26-10-8-9-25(3)21-26)32(38)23-37(29-17-15-27(34)16-18-29)42(40,41)30-19-13-24(2)14-20-30/h8-10,13-21,28,31H,4-7,11-12,22-23H2,1-3H3,(H,35,39)/t31-/m1/s1. The SMILES string of the molecule is CC[C@H](C(=O)NC1CCCCC1)N(Cc1cccc(C)c1)C(=O)CN(c1ccc(Br)cc1)S(=O)(=O)c1ccc(C)cc1. The predicted octanol–water partition coefficient (Wildman–Crippen LogP) is 6.52. The van der Waals surface area contributed by atoms with Crippen molar-refractivity contribution in [3.63, 3.8) is 0 Å². The smallest absolute Gasteiger partial charge is 0.264 e. The first-order valence-electron chi connectivity index (χ1n) is 14.6. The summed E-state index contributed by atoms with van der Waals surface area (Å²) in [6, 6.07) is 20.6. The maximum atomic E-state index is 14.2. The molecule has 1 aliphatic rings. The molecular weight excluding hydrogens is 614 g/mol. The second-order valence-corrected chi connectivity index (χ2v) is 13.9. The van der Waals surface area contributed by atoms with Gasteiger partial charge in [0.2, 0.25) is 11.8 Å². The minimum atomic E-state index is -4.10. The highest BCUT2D eigenvalue weighted by atomic mass is 79.9. The van der Waals surface area contributed by atoms with Crippen LogP contribution in [0.1, 0.15) is 62.1 Å². The van der Waals surface area contributed by atoms with E-state index in [0.29, 0.717) is 12.1 Å². The second kappa shape index (κ2) is 14.3. The molecule has 224 valence electrons. The van der Waals surface area contributed by atoms with Crippen LogP contribution in [0, 0.1) is 13.8 Å². The molecule has 0 saturated heterocycles. The summed E-state index contributed by atoms with van der Waals surface area (Å²) in [5.74, 6) is -0.636. The number of sulfonamides is 1. The Labute approximate surface area is 258 Å². The molecule has 0 heterocycles. The van der Waals surface area contributed by atoms with Crippen LogP contribution in [0.5, 0.6) is 0 Å². The number of aryl methyl sites for hydroxylation is 2. The third-order valence-electron chi connectivity index (χ3n) is 7.78. The monoisotopic (exact) mass is 653 g/mol. The number of halogens is 1. The third-order valence-corrected chi connectivity index (χ3v) is 10.1. The van der Waals surface area contributed by atoms with Crippen molar-refractivity contribution in [3.8, 4) is 0 Å². The normalized spacial score (nSPS) is 14.7. The lowest BCUT2D eigenvalue weighted by Crippen LogP contribution is -2.54. The summed E-state index contributed by atoms with van der Waals surface area (Å²) >= 11 is 3.41. The fourth-order valence-electron chi connectivity index (χ4n) is 5.44. The lowest BCUT2D eigenvalue weighted by Gasteiger charge is -2.34. The van der Waals surface area contributed by atoms with Gasteiger partial charge in [-0.15, -0.1) is 0 Å². The summed E-state index contributed by atoms with van der Waals surface area (Å²) < 4.78 is 29.9. The van der Waals surface area contributed by atoms with Gasteiger partial charge in [-0.05, 0) is 75.1 Å². The van der Waals surface area contributed by atoms with Crippen molar-refractivity contribution in [3.05, 3.63) is 94.0 Å². The first-order valence-corrected chi connectivity index (χ1v) is 16.8. The van der Waals surface area contributed by atoms with E-state index in [1.165, 1.54) is 6.42 Å². The lowest BCUT2D eigenvalue weighted by molar-refractivity contribution is -0.140. The topological polar surface area (TPSA) is 86.8 Å². The average Bonchev–Trinajstić information content (AvgIpc) is 2.97. The summed E-state index contributed by atoms with van der Waals surface area (Å²) in [7, 11) is -4.10. The van der Waals surface area contributed by atoms with Crippen LogP contribution in [0.3, 0.4) is 0 Å². The molecule has 3 aromatic carbocycles. The average molecular weight is 655 g/mol. The molecule has 0 bridgehead atoms. The summed E-state index contributed by atoms with van der Waals surface area (Å²) in [5, 5.41) is 3.19. The van der Waals surface area contributed by atoms with Crippen LogP contribution in [0.15, 0.2) is 82.2 Å². The molecule has 4 rings (SSSR count). The number of carbonyl (C=O) groups is 2. The molecule has 1 fully saturated rings. The molecule has 0 radical (unpaired) electrons. The quantitative estimate of drug-likeness (QED) is 0.255. The molecular formula is C33H40BrN3O4S. The summed E-state index contributed by atoms with van der Waals surface area (Å²) in [5.41, 5.74) is 3.21. The number of rotatable bonds is 11. The molecule has 0 spiro atoms. The Morgan fingerprint density at radius 1 is 0.929 bits per heavy atom. The Morgan fingerprint density at radius 2 is 1.60 bits per heavy atom. The molecule has 42 heavy (non-hydrogen) atoms. The van der Waals surface area contributed by atoms with E-state index in [0.717, 1.165) is 51.2 Å². The zero-order valence-corrected chi connectivity index (χ0v) is 27.0. The number of anilines is 1. The van der Waals surface area contributed by atoms with Crippen molar-refractivity contribution in [2.45, 2.75) is 82.8 Å². The Hall–Kier alpha value is -3.17. The Kier molecular flexibility index (Phi) is 10.8. The Morgan fingerprint density at radius 3 is 2.21 bits per heavy atom. The van der Waals surface area contributed by atoms with Gasteiger partial charge in [0, 0.05) is 17.1 Å². The predicted molar refractivity (Wildman–Crippen MR) is 171 cm³/mol. The van der Waals surface area contributed by atoms with Gasteiger partial charge in [-0.1, -0.05) is 89.6 Å². The highest BCUT2D eigenvalue weighted by Gasteiger charge is 2.34. The Bertz CT molecular complexity index is 1470. The van der Waals surface area contributed by atoms with E-state index in [9.17, 15) is 18.0 Å². The molecule has 0 aliphatic heterocycles. The molecule has 3 aromatic rings. The van der Waals surface area contributed by atoms with Crippen molar-refractivity contribution in [1.29, 1.82) is 0 Å². The van der Waals surface area contributed by atoms with Crippen molar-refractivity contribution in [2.24, 2.45) is 0 Å². The molecule has 7 nitrogen and oxygen atoms in total. The maximum absolute atomic E-state index is 14.2. The molecule has 1 aliphatic carbocycles. The zero-order chi connectivity index (χ0) is 30.3. The van der Waals surface area contributed by atoms with Gasteiger partial charge in [-0.3, -0.25) is 13.9 Å². The number of carbonyl (C=O) groups excluding carboxylic acids is 2. The summed E-state index contributed by atoms with van der Waals surface area (Å²) in [6.45, 7) is 5.49. The van der Waals surface area contributed by atoms with Crippen molar-refractivity contribution in [1.82, 2.24) is 10.2 Å². The molecule has 0 aromatic heterocycles. The highest BCUT2D eigenvalue weighted by molar-refractivity contribution is 9.10. The van der Waals surface area contributed by atoms with Gasteiger partial charge in [0.05, 0.1) is 10.6 Å². The van der Waals surface area contributed by atoms with Crippen LogP contribution < -0.4 is 9.62 Å². The van der Waals surface area contributed by atoms with E-state index in [4.69, 9.17) is 0 Å². The van der Waals surface area contributed by atoms with Crippen molar-refractivity contribution >= 4 is 43.5 Å². The fourth-order valence-corrected chi connectivity index (χ4v) is 7.12. The first-order chi connectivity index (χ1) is 20.1. The number of amides is 2. The van der Waals surface area contributed by atoms with Gasteiger partial charge in [0.25, 0.3) is 10.0 Å². The van der Waals surface area contributed by atoms with E-state index in [1.54, 1.807) is 53.4 Å². The van der Waals surface area contributed by atoms with Crippen molar-refractivity contribution < 1.29 is 18.0 Å². The number of hydrogen-bond donors (Lipinski definition) is 1.